The molecule has 0 spiro atoms. The molecule has 4 nitrogen and oxygen atoms in total. The molecule has 88 valence electrons. The first kappa shape index (κ1) is 11.5. The lowest BCUT2D eigenvalue weighted by molar-refractivity contribution is 0.0694. The number of carbonyl (C=O) groups is 1. The minimum Gasteiger partial charge on any atom is -0.478 e. The first-order chi connectivity index (χ1) is 8.18. The molecular formula is C12H10ClNO3. The second kappa shape index (κ2) is 4.93. The molecule has 0 aliphatic rings. The highest BCUT2D eigenvalue weighted by Gasteiger charge is 2.12. The fourth-order valence-corrected chi connectivity index (χ4v) is 1.65. The fourth-order valence-electron chi connectivity index (χ4n) is 1.45. The van der Waals surface area contributed by atoms with Gasteiger partial charge in [-0.2, -0.15) is 0 Å². The van der Waals surface area contributed by atoms with Crippen LogP contribution in [0.1, 0.15) is 16.1 Å². The Balaban J connectivity index is 2.10. The predicted molar refractivity (Wildman–Crippen MR) is 64.4 cm³/mol. The third-order valence-corrected chi connectivity index (χ3v) is 2.62. The monoisotopic (exact) mass is 251 g/mol. The van der Waals surface area contributed by atoms with Crippen LogP contribution in [-0.2, 0) is 6.54 Å². The van der Waals surface area contributed by atoms with Crippen molar-refractivity contribution in [1.29, 1.82) is 0 Å². The van der Waals surface area contributed by atoms with Gasteiger partial charge >= 0.3 is 5.97 Å². The van der Waals surface area contributed by atoms with Crippen molar-refractivity contribution in [3.63, 3.8) is 0 Å². The first-order valence-electron chi connectivity index (χ1n) is 4.96. The van der Waals surface area contributed by atoms with Gasteiger partial charge < -0.3 is 14.8 Å². The number of rotatable bonds is 4. The predicted octanol–water partition coefficient (Wildman–Crippen LogP) is 3.24. The zero-order valence-electron chi connectivity index (χ0n) is 8.81. The lowest BCUT2D eigenvalue weighted by Crippen LogP contribution is -2.04. The lowest BCUT2D eigenvalue weighted by atomic mass is 10.2. The Bertz CT molecular complexity index is 536. The molecule has 0 saturated heterocycles. The standard InChI is InChI=1S/C12H10ClNO3/c13-9-3-1-2-4-10(9)14-7-11-8(12(15)16)5-6-17-11/h1-6,14H,7H2,(H,15,16). The van der Waals surface area contributed by atoms with Gasteiger partial charge in [-0.3, -0.25) is 0 Å². The van der Waals surface area contributed by atoms with E-state index in [1.165, 1.54) is 12.3 Å². The third-order valence-electron chi connectivity index (χ3n) is 2.29. The highest BCUT2D eigenvalue weighted by atomic mass is 35.5. The molecule has 0 aliphatic carbocycles. The van der Waals surface area contributed by atoms with E-state index in [1.807, 2.05) is 18.2 Å². The van der Waals surface area contributed by atoms with Crippen molar-refractivity contribution in [3.8, 4) is 0 Å². The van der Waals surface area contributed by atoms with Crippen molar-refractivity contribution in [2.24, 2.45) is 0 Å². The molecule has 2 N–H and O–H groups in total. The Hall–Kier alpha value is -1.94. The van der Waals surface area contributed by atoms with Gasteiger partial charge in [0.25, 0.3) is 0 Å². The summed E-state index contributed by atoms with van der Waals surface area (Å²) in [6.07, 6.45) is 1.35. The Morgan fingerprint density at radius 1 is 1.35 bits per heavy atom. The smallest absolute Gasteiger partial charge is 0.339 e. The molecule has 5 heteroatoms. The SMILES string of the molecule is O=C(O)c1ccoc1CNc1ccccc1Cl. The van der Waals surface area contributed by atoms with E-state index in [0.29, 0.717) is 10.8 Å². The van der Waals surface area contributed by atoms with Gasteiger partial charge in [-0.25, -0.2) is 4.79 Å². The normalized spacial score (nSPS) is 10.2. The number of benzene rings is 1. The van der Waals surface area contributed by atoms with Gasteiger partial charge in [0.2, 0.25) is 0 Å². The van der Waals surface area contributed by atoms with E-state index >= 15 is 0 Å². The summed E-state index contributed by atoms with van der Waals surface area (Å²) < 4.78 is 5.10. The minimum atomic E-state index is -1.00. The number of halogens is 1. The van der Waals surface area contributed by atoms with E-state index in [-0.39, 0.29) is 12.1 Å². The second-order valence-electron chi connectivity index (χ2n) is 3.40. The number of carboxylic acid groups (broad SMARTS) is 1. The number of para-hydroxylation sites is 1. The molecule has 0 bridgehead atoms. The Labute approximate surface area is 103 Å². The summed E-state index contributed by atoms with van der Waals surface area (Å²) in [7, 11) is 0. The van der Waals surface area contributed by atoms with Crippen molar-refractivity contribution < 1.29 is 14.3 Å². The maximum absolute atomic E-state index is 10.8. The molecule has 0 fully saturated rings. The van der Waals surface area contributed by atoms with Crippen LogP contribution in [-0.4, -0.2) is 11.1 Å². The summed E-state index contributed by atoms with van der Waals surface area (Å²) in [5, 5.41) is 12.5. The molecule has 2 aromatic rings. The number of hydrogen-bond acceptors (Lipinski definition) is 3. The zero-order chi connectivity index (χ0) is 12.3. The molecule has 2 rings (SSSR count). The molecule has 1 aromatic carbocycles. The average molecular weight is 252 g/mol. The molecule has 0 radical (unpaired) electrons. The Morgan fingerprint density at radius 3 is 2.82 bits per heavy atom. The zero-order valence-corrected chi connectivity index (χ0v) is 9.57. The molecule has 0 saturated carbocycles. The number of hydrogen-bond donors (Lipinski definition) is 2. The van der Waals surface area contributed by atoms with E-state index in [2.05, 4.69) is 5.32 Å². The van der Waals surface area contributed by atoms with Crippen LogP contribution in [0.25, 0.3) is 0 Å². The number of anilines is 1. The van der Waals surface area contributed by atoms with Crippen molar-refractivity contribution >= 4 is 23.3 Å². The van der Waals surface area contributed by atoms with Crippen molar-refractivity contribution in [1.82, 2.24) is 0 Å². The van der Waals surface area contributed by atoms with Crippen LogP contribution < -0.4 is 5.32 Å². The van der Waals surface area contributed by atoms with Crippen LogP contribution >= 0.6 is 11.6 Å². The van der Waals surface area contributed by atoms with Gasteiger partial charge in [-0.15, -0.1) is 0 Å². The Morgan fingerprint density at radius 2 is 2.12 bits per heavy atom. The lowest BCUT2D eigenvalue weighted by Gasteiger charge is -2.06. The molecule has 0 aliphatic heterocycles. The molecule has 1 heterocycles. The van der Waals surface area contributed by atoms with Crippen molar-refractivity contribution in [3.05, 3.63) is 52.9 Å². The Kier molecular flexibility index (Phi) is 3.35. The van der Waals surface area contributed by atoms with Gasteiger partial charge in [0.15, 0.2) is 0 Å². The molecule has 0 atom stereocenters. The van der Waals surface area contributed by atoms with E-state index in [1.54, 1.807) is 6.07 Å². The topological polar surface area (TPSA) is 62.5 Å². The maximum atomic E-state index is 10.8. The minimum absolute atomic E-state index is 0.157. The number of furan rings is 1. The summed E-state index contributed by atoms with van der Waals surface area (Å²) in [6, 6.07) is 8.65. The number of aromatic carboxylic acids is 1. The average Bonchev–Trinajstić information content (AvgIpc) is 2.76. The van der Waals surface area contributed by atoms with E-state index in [4.69, 9.17) is 21.1 Å². The van der Waals surface area contributed by atoms with Gasteiger partial charge in [0.05, 0.1) is 23.5 Å². The number of nitrogens with one attached hydrogen (secondary N) is 1. The molecule has 1 aromatic heterocycles. The van der Waals surface area contributed by atoms with Crippen LogP contribution in [0.5, 0.6) is 0 Å². The van der Waals surface area contributed by atoms with Crippen LogP contribution in [0.2, 0.25) is 5.02 Å². The quantitative estimate of drug-likeness (QED) is 0.876. The van der Waals surface area contributed by atoms with E-state index < -0.39 is 5.97 Å². The first-order valence-corrected chi connectivity index (χ1v) is 5.34. The third kappa shape index (κ3) is 2.60. The summed E-state index contributed by atoms with van der Waals surface area (Å²) in [5.74, 6) is -0.632. The highest BCUT2D eigenvalue weighted by molar-refractivity contribution is 6.33. The van der Waals surface area contributed by atoms with Crippen molar-refractivity contribution in [2.45, 2.75) is 6.54 Å². The summed E-state index contributed by atoms with van der Waals surface area (Å²) in [4.78, 5) is 10.8. The molecular weight excluding hydrogens is 242 g/mol. The van der Waals surface area contributed by atoms with Crippen LogP contribution in [0.4, 0.5) is 5.69 Å². The second-order valence-corrected chi connectivity index (χ2v) is 3.80. The van der Waals surface area contributed by atoms with Gasteiger partial charge in [-0.05, 0) is 18.2 Å². The number of carboxylic acids is 1. The van der Waals surface area contributed by atoms with Gasteiger partial charge in [0, 0.05) is 0 Å². The molecule has 0 unspecified atom stereocenters. The summed E-state index contributed by atoms with van der Waals surface area (Å²) >= 11 is 5.96. The fraction of sp³-hybridized carbons (Fsp3) is 0.0833. The summed E-state index contributed by atoms with van der Waals surface area (Å²) in [6.45, 7) is 0.276. The highest BCUT2D eigenvalue weighted by Crippen LogP contribution is 2.22. The molecule has 17 heavy (non-hydrogen) atoms. The van der Waals surface area contributed by atoms with E-state index in [0.717, 1.165) is 5.69 Å². The van der Waals surface area contributed by atoms with Crippen molar-refractivity contribution in [2.75, 3.05) is 5.32 Å². The molecule has 0 amide bonds. The largest absolute Gasteiger partial charge is 0.478 e. The van der Waals surface area contributed by atoms with Crippen LogP contribution in [0.3, 0.4) is 0 Å². The van der Waals surface area contributed by atoms with Crippen LogP contribution in [0.15, 0.2) is 41.0 Å². The van der Waals surface area contributed by atoms with E-state index in [9.17, 15) is 4.79 Å². The van der Waals surface area contributed by atoms with Gasteiger partial charge in [-0.1, -0.05) is 23.7 Å². The maximum Gasteiger partial charge on any atom is 0.339 e. The van der Waals surface area contributed by atoms with Gasteiger partial charge in [0.1, 0.15) is 11.3 Å². The van der Waals surface area contributed by atoms with Crippen LogP contribution in [0, 0.1) is 0 Å². The summed E-state index contributed by atoms with van der Waals surface area (Å²) in [5.41, 5.74) is 0.895.